The number of nitrogens with one attached hydrogen (secondary N) is 1. The molecule has 0 bridgehead atoms. The van der Waals surface area contributed by atoms with Crippen molar-refractivity contribution in [2.45, 2.75) is 97.4 Å². The molecule has 0 radical (unpaired) electrons. The van der Waals surface area contributed by atoms with Crippen LogP contribution in [0.3, 0.4) is 0 Å². The Bertz CT molecular complexity index is 914. The molecule has 7 heteroatoms. The molecule has 12 atom stereocenters. The molecule has 0 saturated heterocycles. The van der Waals surface area contributed by atoms with E-state index in [4.69, 9.17) is 4.52 Å². The average Bonchev–Trinajstić information content (AvgIpc) is 3.31. The zero-order valence-electron chi connectivity index (χ0n) is 20.5. The van der Waals surface area contributed by atoms with E-state index in [1.165, 1.54) is 0 Å². The van der Waals surface area contributed by atoms with Crippen LogP contribution in [0.15, 0.2) is 9.32 Å². The molecule has 1 heterocycles. The highest BCUT2D eigenvalue weighted by atomic mass is 16.5. The van der Waals surface area contributed by atoms with Gasteiger partial charge < -0.3 is 15.3 Å². The second-order valence-corrected chi connectivity index (χ2v) is 12.5. The van der Waals surface area contributed by atoms with Crippen molar-refractivity contribution in [1.82, 2.24) is 10.1 Å². The first kappa shape index (κ1) is 23.6. The zero-order chi connectivity index (χ0) is 23.7. The minimum atomic E-state index is -0.514. The van der Waals surface area contributed by atoms with Gasteiger partial charge in [0.05, 0.1) is 18.3 Å². The highest BCUT2D eigenvalue weighted by Gasteiger charge is 2.67. The van der Waals surface area contributed by atoms with Crippen LogP contribution in [0.4, 0.5) is 0 Å². The van der Waals surface area contributed by atoms with Gasteiger partial charge in [-0.3, -0.25) is 9.51 Å². The summed E-state index contributed by atoms with van der Waals surface area (Å²) in [4.78, 5) is 14.1. The molecule has 7 nitrogen and oxygen atoms in total. The molecule has 4 aliphatic rings. The van der Waals surface area contributed by atoms with Crippen LogP contribution < -0.4 is 5.76 Å². The minimum absolute atomic E-state index is 0.0333. The van der Waals surface area contributed by atoms with Crippen LogP contribution in [-0.4, -0.2) is 43.8 Å². The molecule has 0 spiro atoms. The molecule has 1 aromatic rings. The molecule has 4 aliphatic carbocycles. The average molecular weight is 463 g/mol. The molecule has 3 unspecified atom stereocenters. The van der Waals surface area contributed by atoms with E-state index in [2.05, 4.69) is 37.8 Å². The second kappa shape index (κ2) is 8.20. The standard InChI is InChI=1S/C26H42N2O5/c1-5-15-18-11-14(29)8-9-25(18,3)22-19(30)12-26(4)16(6-7-17(26)21(22)23(15)31)13(2)10-20-27-24(32)33-28-20/h13-19,21-23,29-31H,5-12H2,1-4H3,(H,27,28,32)/t13-,14-,15-,16-,17?,18+,19+,21?,22?,23-,25+,26-/m1/s1. The lowest BCUT2D eigenvalue weighted by molar-refractivity contribution is -0.235. The summed E-state index contributed by atoms with van der Waals surface area (Å²) in [6.07, 6.45) is 5.81. The van der Waals surface area contributed by atoms with Gasteiger partial charge in [-0.05, 0) is 90.8 Å². The number of H-pyrrole nitrogens is 1. The zero-order valence-corrected chi connectivity index (χ0v) is 20.5. The Morgan fingerprint density at radius 2 is 1.91 bits per heavy atom. The van der Waals surface area contributed by atoms with Crippen molar-refractivity contribution < 1.29 is 19.8 Å². The van der Waals surface area contributed by atoms with Gasteiger partial charge >= 0.3 is 5.76 Å². The predicted molar refractivity (Wildman–Crippen MR) is 123 cm³/mol. The Balaban J connectivity index is 1.46. The Morgan fingerprint density at radius 3 is 2.58 bits per heavy atom. The topological polar surface area (TPSA) is 120 Å². The SMILES string of the molecule is CC[C@H]1[C@@H](O)C2C3CC[C@H]([C@H](C)Cc4noc(=O)[nH]4)[C@@]3(C)C[C@H](O)C2[C@@]2(C)CC[C@@H](O)C[C@@H]12. The van der Waals surface area contributed by atoms with Crippen molar-refractivity contribution in [2.75, 3.05) is 0 Å². The van der Waals surface area contributed by atoms with Crippen molar-refractivity contribution in [1.29, 1.82) is 0 Å². The first-order valence-electron chi connectivity index (χ1n) is 13.2. The number of aromatic nitrogens is 2. The Kier molecular flexibility index (Phi) is 5.85. The number of aliphatic hydroxyl groups is 3. The monoisotopic (exact) mass is 462 g/mol. The van der Waals surface area contributed by atoms with Gasteiger partial charge in [0.25, 0.3) is 0 Å². The number of nitrogens with zero attached hydrogens (tertiary/aromatic N) is 1. The van der Waals surface area contributed by atoms with E-state index in [-0.39, 0.29) is 40.6 Å². The van der Waals surface area contributed by atoms with Crippen LogP contribution in [-0.2, 0) is 6.42 Å². The maximum Gasteiger partial charge on any atom is 0.438 e. The summed E-state index contributed by atoms with van der Waals surface area (Å²) in [6.45, 7) is 9.07. The largest absolute Gasteiger partial charge is 0.438 e. The quantitative estimate of drug-likeness (QED) is 0.546. The normalized spacial score (nSPS) is 50.3. The van der Waals surface area contributed by atoms with Crippen LogP contribution in [0, 0.1) is 52.3 Å². The van der Waals surface area contributed by atoms with E-state index in [1.54, 1.807) is 0 Å². The summed E-state index contributed by atoms with van der Waals surface area (Å²) in [6, 6.07) is 0. The molecule has 0 amide bonds. The molecule has 33 heavy (non-hydrogen) atoms. The minimum Gasteiger partial charge on any atom is -0.393 e. The lowest BCUT2D eigenvalue weighted by Crippen LogP contribution is -2.65. The number of fused-ring (bicyclic) bond motifs is 5. The number of hydrogen-bond donors (Lipinski definition) is 4. The van der Waals surface area contributed by atoms with Gasteiger partial charge in [0.15, 0.2) is 5.82 Å². The summed E-state index contributed by atoms with van der Waals surface area (Å²) >= 11 is 0. The molecule has 4 N–H and O–H groups in total. The first-order valence-corrected chi connectivity index (χ1v) is 13.2. The number of aromatic amines is 1. The Labute approximate surface area is 196 Å². The van der Waals surface area contributed by atoms with Crippen molar-refractivity contribution in [2.24, 2.45) is 52.3 Å². The molecule has 4 saturated carbocycles. The maximum atomic E-state index is 11.8. The predicted octanol–water partition coefficient (Wildman–Crippen LogP) is 3.14. The first-order chi connectivity index (χ1) is 15.6. The van der Waals surface area contributed by atoms with Crippen molar-refractivity contribution in [3.63, 3.8) is 0 Å². The molecule has 0 aliphatic heterocycles. The van der Waals surface area contributed by atoms with E-state index in [9.17, 15) is 20.1 Å². The lowest BCUT2D eigenvalue weighted by Gasteiger charge is -2.66. The summed E-state index contributed by atoms with van der Waals surface area (Å²) < 4.78 is 4.70. The van der Waals surface area contributed by atoms with Crippen molar-refractivity contribution in [3.8, 4) is 0 Å². The van der Waals surface area contributed by atoms with E-state index < -0.39 is 18.0 Å². The fraction of sp³-hybridized carbons (Fsp3) is 0.923. The number of hydrogen-bond acceptors (Lipinski definition) is 6. The van der Waals surface area contributed by atoms with Crippen molar-refractivity contribution >= 4 is 0 Å². The maximum absolute atomic E-state index is 11.8. The third-order valence-electron chi connectivity index (χ3n) is 11.1. The van der Waals surface area contributed by atoms with Crippen LogP contribution in [0.1, 0.15) is 78.5 Å². The molecule has 0 aromatic carbocycles. The third kappa shape index (κ3) is 3.48. The summed E-state index contributed by atoms with van der Waals surface area (Å²) in [7, 11) is 0. The smallest absolute Gasteiger partial charge is 0.393 e. The van der Waals surface area contributed by atoms with Gasteiger partial charge in [0, 0.05) is 6.42 Å². The Morgan fingerprint density at radius 1 is 1.15 bits per heavy atom. The van der Waals surface area contributed by atoms with Crippen LogP contribution >= 0.6 is 0 Å². The number of rotatable bonds is 4. The summed E-state index contributed by atoms with van der Waals surface area (Å²) in [5, 5.41) is 37.8. The number of aliphatic hydroxyl groups excluding tert-OH is 3. The van der Waals surface area contributed by atoms with Crippen molar-refractivity contribution in [3.05, 3.63) is 16.4 Å². The van der Waals surface area contributed by atoms with E-state index >= 15 is 0 Å². The third-order valence-corrected chi connectivity index (χ3v) is 11.1. The van der Waals surface area contributed by atoms with Crippen LogP contribution in [0.25, 0.3) is 0 Å². The summed E-state index contributed by atoms with van der Waals surface area (Å²) in [5.74, 6) is 1.77. The molecular weight excluding hydrogens is 420 g/mol. The van der Waals surface area contributed by atoms with Gasteiger partial charge in [0.2, 0.25) is 0 Å². The molecule has 4 fully saturated rings. The molecular formula is C26H42N2O5. The fourth-order valence-electron chi connectivity index (χ4n) is 9.84. The second-order valence-electron chi connectivity index (χ2n) is 12.5. The fourth-order valence-corrected chi connectivity index (χ4v) is 9.84. The van der Waals surface area contributed by atoms with Gasteiger partial charge in [0.1, 0.15) is 0 Å². The molecule has 1 aromatic heterocycles. The van der Waals surface area contributed by atoms with E-state index in [0.29, 0.717) is 30.0 Å². The van der Waals surface area contributed by atoms with E-state index in [1.807, 2.05) is 0 Å². The van der Waals surface area contributed by atoms with Crippen LogP contribution in [0.2, 0.25) is 0 Å². The highest BCUT2D eigenvalue weighted by Crippen LogP contribution is 2.69. The molecule has 186 valence electrons. The summed E-state index contributed by atoms with van der Waals surface area (Å²) in [5.41, 5.74) is -0.0882. The van der Waals surface area contributed by atoms with Gasteiger partial charge in [-0.15, -0.1) is 0 Å². The lowest BCUT2D eigenvalue weighted by atomic mass is 9.40. The van der Waals surface area contributed by atoms with E-state index in [0.717, 1.165) is 44.9 Å². The highest BCUT2D eigenvalue weighted by molar-refractivity contribution is 5.16. The van der Waals surface area contributed by atoms with Crippen LogP contribution in [0.5, 0.6) is 0 Å². The Hall–Kier alpha value is -1.18. The van der Waals surface area contributed by atoms with Gasteiger partial charge in [-0.25, -0.2) is 4.79 Å². The molecule has 5 rings (SSSR count). The van der Waals surface area contributed by atoms with Gasteiger partial charge in [-0.1, -0.05) is 39.3 Å². The van der Waals surface area contributed by atoms with Gasteiger partial charge in [-0.2, -0.15) is 0 Å².